The lowest BCUT2D eigenvalue weighted by molar-refractivity contribution is -0.153. The van der Waals surface area contributed by atoms with Crippen LogP contribution >= 0.6 is 11.6 Å². The zero-order valence-electron chi connectivity index (χ0n) is 14.1. The molecule has 9 heteroatoms. The lowest BCUT2D eigenvalue weighted by Crippen LogP contribution is -2.27. The molecule has 5 nitrogen and oxygen atoms in total. The Labute approximate surface area is 157 Å². The molecule has 0 spiro atoms. The Morgan fingerprint density at radius 3 is 2.74 bits per heavy atom. The number of hydrogen-bond donors (Lipinski definition) is 2. The van der Waals surface area contributed by atoms with Gasteiger partial charge in [-0.2, -0.15) is 13.2 Å². The van der Waals surface area contributed by atoms with Crippen LogP contribution in [-0.4, -0.2) is 28.7 Å². The highest BCUT2D eigenvalue weighted by atomic mass is 35.5. The number of carbonyl (C=O) groups is 1. The lowest BCUT2D eigenvalue weighted by Gasteiger charge is -2.14. The fraction of sp³-hybridized carbons (Fsp3) is 0.222. The summed E-state index contributed by atoms with van der Waals surface area (Å²) in [5.41, 5.74) is 1.63. The highest BCUT2D eigenvalue weighted by Gasteiger charge is 2.28. The van der Waals surface area contributed by atoms with E-state index in [2.05, 4.69) is 20.0 Å². The molecular weight excluding hydrogens is 383 g/mol. The monoisotopic (exact) mass is 397 g/mol. The number of aromatic nitrogens is 2. The maximum atomic E-state index is 12.4. The van der Waals surface area contributed by atoms with Crippen molar-refractivity contribution in [2.75, 3.05) is 6.61 Å². The van der Waals surface area contributed by atoms with Crippen LogP contribution in [0, 0.1) is 0 Å². The van der Waals surface area contributed by atoms with E-state index in [0.29, 0.717) is 16.4 Å². The third-order valence-electron chi connectivity index (χ3n) is 3.78. The third kappa shape index (κ3) is 4.91. The number of carbonyl (C=O) groups excluding carboxylic acids is 1. The van der Waals surface area contributed by atoms with Gasteiger partial charge in [0.05, 0.1) is 17.9 Å². The first-order valence-corrected chi connectivity index (χ1v) is 8.34. The van der Waals surface area contributed by atoms with E-state index >= 15 is 0 Å². The molecule has 1 amide bonds. The average molecular weight is 398 g/mol. The first kappa shape index (κ1) is 19.0. The van der Waals surface area contributed by atoms with Gasteiger partial charge in [-0.1, -0.05) is 11.6 Å². The Morgan fingerprint density at radius 2 is 2.07 bits per heavy atom. The van der Waals surface area contributed by atoms with Crippen LogP contribution < -0.4 is 10.1 Å². The van der Waals surface area contributed by atoms with E-state index in [0.717, 1.165) is 10.9 Å². The van der Waals surface area contributed by atoms with Crippen molar-refractivity contribution in [2.24, 2.45) is 0 Å². The first-order valence-electron chi connectivity index (χ1n) is 7.96. The van der Waals surface area contributed by atoms with Crippen molar-refractivity contribution in [3.8, 4) is 5.75 Å². The predicted molar refractivity (Wildman–Crippen MR) is 95.0 cm³/mol. The highest BCUT2D eigenvalue weighted by Crippen LogP contribution is 2.22. The summed E-state index contributed by atoms with van der Waals surface area (Å²) < 4.78 is 41.1. The van der Waals surface area contributed by atoms with E-state index in [1.807, 2.05) is 0 Å². The molecule has 3 aromatic rings. The van der Waals surface area contributed by atoms with Crippen LogP contribution in [0.3, 0.4) is 0 Å². The van der Waals surface area contributed by atoms with Gasteiger partial charge in [0.15, 0.2) is 6.61 Å². The van der Waals surface area contributed by atoms with Gasteiger partial charge >= 0.3 is 6.18 Å². The van der Waals surface area contributed by atoms with Gasteiger partial charge in [-0.15, -0.1) is 0 Å². The Kier molecular flexibility index (Phi) is 5.27. The lowest BCUT2D eigenvalue weighted by atomic mass is 10.2. The molecule has 27 heavy (non-hydrogen) atoms. The number of benzene rings is 1. The third-order valence-corrected chi connectivity index (χ3v) is 4.02. The number of amides is 1. The summed E-state index contributed by atoms with van der Waals surface area (Å²) in [6.07, 6.45) is -3.22. The minimum absolute atomic E-state index is 0.00194. The van der Waals surface area contributed by atoms with Gasteiger partial charge in [-0.25, -0.2) is 0 Å². The Hall–Kier alpha value is -2.74. The van der Waals surface area contributed by atoms with Crippen LogP contribution in [0.5, 0.6) is 5.75 Å². The van der Waals surface area contributed by atoms with E-state index in [1.165, 1.54) is 18.3 Å². The quantitative estimate of drug-likeness (QED) is 0.658. The summed E-state index contributed by atoms with van der Waals surface area (Å²) in [5, 5.41) is 4.16. The maximum absolute atomic E-state index is 12.4. The zero-order chi connectivity index (χ0) is 19.6. The molecule has 0 aliphatic rings. The number of nitrogens with zero attached hydrogens (tertiary/aromatic N) is 1. The fourth-order valence-corrected chi connectivity index (χ4v) is 2.65. The second-order valence-electron chi connectivity index (χ2n) is 5.93. The van der Waals surface area contributed by atoms with Gasteiger partial charge in [0.1, 0.15) is 11.4 Å². The van der Waals surface area contributed by atoms with Gasteiger partial charge in [0, 0.05) is 15.9 Å². The molecule has 0 saturated heterocycles. The smallest absolute Gasteiger partial charge is 0.422 e. The molecule has 1 atom stereocenters. The molecule has 2 heterocycles. The number of hydrogen-bond acceptors (Lipinski definition) is 3. The number of nitrogens with one attached hydrogen (secondary N) is 2. The van der Waals surface area contributed by atoms with Gasteiger partial charge in [-0.05, 0) is 43.3 Å². The van der Waals surface area contributed by atoms with Crippen molar-refractivity contribution in [1.82, 2.24) is 15.3 Å². The molecule has 0 aliphatic carbocycles. The van der Waals surface area contributed by atoms with E-state index in [1.54, 1.807) is 31.2 Å². The molecule has 0 bridgehead atoms. The van der Waals surface area contributed by atoms with Crippen LogP contribution in [0.4, 0.5) is 13.2 Å². The SMILES string of the molecule is C[C@@H](NC(=O)c1cc2cc(Cl)ccc2[nH]1)c1ccc(OCC(F)(F)F)cn1. The summed E-state index contributed by atoms with van der Waals surface area (Å²) in [4.78, 5) is 19.5. The van der Waals surface area contributed by atoms with Crippen molar-refractivity contribution in [3.05, 3.63) is 59.0 Å². The summed E-state index contributed by atoms with van der Waals surface area (Å²) in [5.74, 6) is -0.337. The molecule has 0 aliphatic heterocycles. The number of alkyl halides is 3. The maximum Gasteiger partial charge on any atom is 0.422 e. The molecule has 2 aromatic heterocycles. The standard InChI is InChI=1S/C18H15ClF3N3O2/c1-10(14-5-3-13(8-23-14)27-9-18(20,21)22)24-17(26)16-7-11-6-12(19)2-4-15(11)25-16/h2-8,10,25H,9H2,1H3,(H,24,26)/t10-/m1/s1. The van der Waals surface area contributed by atoms with E-state index in [4.69, 9.17) is 11.6 Å². The topological polar surface area (TPSA) is 67.0 Å². The largest absolute Gasteiger partial charge is 0.483 e. The molecule has 1 aromatic carbocycles. The number of ether oxygens (including phenoxy) is 1. The van der Waals surface area contributed by atoms with Gasteiger partial charge in [0.25, 0.3) is 5.91 Å². The van der Waals surface area contributed by atoms with Crippen LogP contribution in [0.1, 0.15) is 29.1 Å². The van der Waals surface area contributed by atoms with Gasteiger partial charge in [0.2, 0.25) is 0 Å². The average Bonchev–Trinajstić information content (AvgIpc) is 3.03. The predicted octanol–water partition coefficient (Wildman–Crippen LogP) is 4.65. The molecule has 2 N–H and O–H groups in total. The second kappa shape index (κ2) is 7.48. The van der Waals surface area contributed by atoms with E-state index < -0.39 is 18.8 Å². The Morgan fingerprint density at radius 1 is 1.30 bits per heavy atom. The molecule has 0 unspecified atom stereocenters. The number of aromatic amines is 1. The molecule has 0 fully saturated rings. The summed E-state index contributed by atoms with van der Waals surface area (Å²) in [6, 6.07) is 9.35. The minimum atomic E-state index is -4.41. The van der Waals surface area contributed by atoms with Crippen molar-refractivity contribution >= 4 is 28.4 Å². The summed E-state index contributed by atoms with van der Waals surface area (Å²) in [6.45, 7) is 0.334. The Balaban J connectivity index is 1.65. The van der Waals surface area contributed by atoms with Crippen LogP contribution in [0.2, 0.25) is 5.02 Å². The normalized spacial score (nSPS) is 12.8. The minimum Gasteiger partial charge on any atom is -0.483 e. The molecule has 0 radical (unpaired) electrons. The van der Waals surface area contributed by atoms with Crippen molar-refractivity contribution in [1.29, 1.82) is 0 Å². The molecule has 0 saturated carbocycles. The number of fused-ring (bicyclic) bond motifs is 1. The molecular formula is C18H15ClF3N3O2. The molecule has 3 rings (SSSR count). The van der Waals surface area contributed by atoms with Gasteiger partial charge in [-0.3, -0.25) is 9.78 Å². The highest BCUT2D eigenvalue weighted by molar-refractivity contribution is 6.31. The van der Waals surface area contributed by atoms with Crippen LogP contribution in [0.15, 0.2) is 42.6 Å². The van der Waals surface area contributed by atoms with Gasteiger partial charge < -0.3 is 15.0 Å². The number of pyridine rings is 1. The van der Waals surface area contributed by atoms with Crippen molar-refractivity contribution in [3.63, 3.8) is 0 Å². The van der Waals surface area contributed by atoms with Crippen LogP contribution in [0.25, 0.3) is 10.9 Å². The summed E-state index contributed by atoms with van der Waals surface area (Å²) in [7, 11) is 0. The van der Waals surface area contributed by atoms with Crippen molar-refractivity contribution < 1.29 is 22.7 Å². The van der Waals surface area contributed by atoms with Crippen molar-refractivity contribution in [2.45, 2.75) is 19.1 Å². The van der Waals surface area contributed by atoms with E-state index in [9.17, 15) is 18.0 Å². The summed E-state index contributed by atoms with van der Waals surface area (Å²) >= 11 is 5.94. The first-order chi connectivity index (χ1) is 12.7. The number of H-pyrrole nitrogens is 1. The Bertz CT molecular complexity index is 955. The van der Waals surface area contributed by atoms with Crippen LogP contribution in [-0.2, 0) is 0 Å². The second-order valence-corrected chi connectivity index (χ2v) is 6.37. The number of halogens is 4. The zero-order valence-corrected chi connectivity index (χ0v) is 14.9. The number of rotatable bonds is 5. The molecule has 142 valence electrons. The fourth-order valence-electron chi connectivity index (χ4n) is 2.47. The van der Waals surface area contributed by atoms with E-state index in [-0.39, 0.29) is 11.7 Å².